The lowest BCUT2D eigenvalue weighted by molar-refractivity contribution is -0.149. The number of alkyl halides is 3. The Labute approximate surface area is 86.5 Å². The molecule has 3 N–H and O–H groups in total. The van der Waals surface area contributed by atoms with E-state index in [1.807, 2.05) is 0 Å². The van der Waals surface area contributed by atoms with E-state index >= 15 is 0 Å². The van der Waals surface area contributed by atoms with E-state index in [0.29, 0.717) is 0 Å². The van der Waals surface area contributed by atoms with Gasteiger partial charge in [-0.2, -0.15) is 13.2 Å². The zero-order chi connectivity index (χ0) is 12.1. The predicted molar refractivity (Wildman–Crippen MR) is 50.8 cm³/mol. The van der Waals surface area contributed by atoms with Crippen molar-refractivity contribution in [1.29, 1.82) is 0 Å². The van der Waals surface area contributed by atoms with Gasteiger partial charge < -0.3 is 10.9 Å². The summed E-state index contributed by atoms with van der Waals surface area (Å²) in [4.78, 5) is 1.22. The molecule has 0 amide bonds. The van der Waals surface area contributed by atoms with Crippen LogP contribution in [-0.4, -0.2) is 41.3 Å². The van der Waals surface area contributed by atoms with Crippen LogP contribution in [0.4, 0.5) is 13.2 Å². The lowest BCUT2D eigenvalue weighted by Gasteiger charge is -2.28. The fourth-order valence-corrected chi connectivity index (χ4v) is 1.28. The van der Waals surface area contributed by atoms with Crippen molar-refractivity contribution >= 4 is 5.84 Å². The van der Waals surface area contributed by atoms with E-state index in [1.54, 1.807) is 13.8 Å². The van der Waals surface area contributed by atoms with Crippen LogP contribution < -0.4 is 5.73 Å². The van der Waals surface area contributed by atoms with Crippen LogP contribution in [-0.2, 0) is 0 Å². The first-order valence-electron chi connectivity index (χ1n) is 4.57. The smallest absolute Gasteiger partial charge is 0.401 e. The van der Waals surface area contributed by atoms with Crippen molar-refractivity contribution in [1.82, 2.24) is 4.90 Å². The van der Waals surface area contributed by atoms with E-state index in [0.717, 1.165) is 0 Å². The highest BCUT2D eigenvalue weighted by atomic mass is 19.4. The number of halogens is 3. The Hall–Kier alpha value is -0.980. The maximum atomic E-state index is 12.1. The van der Waals surface area contributed by atoms with Gasteiger partial charge in [0.25, 0.3) is 0 Å². The van der Waals surface area contributed by atoms with Crippen molar-refractivity contribution in [2.75, 3.05) is 13.1 Å². The van der Waals surface area contributed by atoms with Crippen molar-refractivity contribution in [2.45, 2.75) is 32.5 Å². The second-order valence-electron chi connectivity index (χ2n) is 3.32. The van der Waals surface area contributed by atoms with Gasteiger partial charge in [-0.15, -0.1) is 0 Å². The summed E-state index contributed by atoms with van der Waals surface area (Å²) in [5.74, 6) is -0.0666. The van der Waals surface area contributed by atoms with Crippen molar-refractivity contribution in [3.8, 4) is 0 Å². The molecule has 0 aliphatic heterocycles. The summed E-state index contributed by atoms with van der Waals surface area (Å²) in [7, 11) is 0. The summed E-state index contributed by atoms with van der Waals surface area (Å²) in [6.45, 7) is 2.52. The van der Waals surface area contributed by atoms with Crippen LogP contribution >= 0.6 is 0 Å². The van der Waals surface area contributed by atoms with E-state index in [4.69, 9.17) is 10.9 Å². The van der Waals surface area contributed by atoms with Gasteiger partial charge in [0.1, 0.15) is 5.84 Å². The molecule has 0 aromatic rings. The highest BCUT2D eigenvalue weighted by Gasteiger charge is 2.32. The summed E-state index contributed by atoms with van der Waals surface area (Å²) in [5.41, 5.74) is 5.22. The number of hydrogen-bond acceptors (Lipinski definition) is 3. The number of hydrogen-bond donors (Lipinski definition) is 2. The van der Waals surface area contributed by atoms with Gasteiger partial charge in [0.15, 0.2) is 0 Å². The molecule has 0 aliphatic carbocycles. The standard InChI is InChI=1S/C8H16F3N3O/c1-3-14(5-8(9,10)11)6(2)4-7(12)13-15/h6,15H,3-5H2,1-2H3,(H2,12,13). The second-order valence-corrected chi connectivity index (χ2v) is 3.32. The molecule has 0 rings (SSSR count). The molecular formula is C8H16F3N3O. The molecule has 7 heteroatoms. The van der Waals surface area contributed by atoms with Gasteiger partial charge in [-0.3, -0.25) is 4.90 Å². The highest BCUT2D eigenvalue weighted by molar-refractivity contribution is 5.80. The zero-order valence-electron chi connectivity index (χ0n) is 8.75. The fraction of sp³-hybridized carbons (Fsp3) is 0.875. The summed E-state index contributed by atoms with van der Waals surface area (Å²) >= 11 is 0. The van der Waals surface area contributed by atoms with Crippen LogP contribution in [0.5, 0.6) is 0 Å². The average molecular weight is 227 g/mol. The van der Waals surface area contributed by atoms with E-state index in [9.17, 15) is 13.2 Å². The number of nitrogens with two attached hydrogens (primary N) is 1. The molecule has 4 nitrogen and oxygen atoms in total. The first kappa shape index (κ1) is 14.0. The summed E-state index contributed by atoms with van der Waals surface area (Å²) in [6, 6.07) is -0.410. The molecule has 0 spiro atoms. The fourth-order valence-electron chi connectivity index (χ4n) is 1.28. The minimum Gasteiger partial charge on any atom is -0.409 e. The molecule has 1 atom stereocenters. The number of oxime groups is 1. The van der Waals surface area contributed by atoms with Gasteiger partial charge in [0, 0.05) is 12.5 Å². The maximum Gasteiger partial charge on any atom is 0.401 e. The number of rotatable bonds is 5. The van der Waals surface area contributed by atoms with Crippen molar-refractivity contribution < 1.29 is 18.4 Å². The molecule has 0 saturated carbocycles. The topological polar surface area (TPSA) is 61.8 Å². The van der Waals surface area contributed by atoms with Crippen LogP contribution in [0.1, 0.15) is 20.3 Å². The van der Waals surface area contributed by atoms with Crippen LogP contribution in [0.25, 0.3) is 0 Å². The zero-order valence-corrected chi connectivity index (χ0v) is 8.75. The van der Waals surface area contributed by atoms with Crippen LogP contribution in [0.2, 0.25) is 0 Å². The van der Waals surface area contributed by atoms with E-state index < -0.39 is 18.8 Å². The molecule has 0 bridgehead atoms. The molecule has 1 unspecified atom stereocenters. The van der Waals surface area contributed by atoms with E-state index in [2.05, 4.69) is 5.16 Å². The van der Waals surface area contributed by atoms with Crippen LogP contribution in [0.15, 0.2) is 5.16 Å². The molecule has 0 radical (unpaired) electrons. The second kappa shape index (κ2) is 5.79. The Kier molecular flexibility index (Phi) is 5.41. The third-order valence-electron chi connectivity index (χ3n) is 2.04. The van der Waals surface area contributed by atoms with Gasteiger partial charge in [-0.1, -0.05) is 12.1 Å². The van der Waals surface area contributed by atoms with Crippen LogP contribution in [0, 0.1) is 0 Å². The third-order valence-corrected chi connectivity index (χ3v) is 2.04. The van der Waals surface area contributed by atoms with Gasteiger partial charge in [0.05, 0.1) is 6.54 Å². The van der Waals surface area contributed by atoms with Gasteiger partial charge >= 0.3 is 6.18 Å². The SMILES string of the molecule is CCN(CC(F)(F)F)C(C)CC(N)=NO. The molecule has 0 aliphatic rings. The monoisotopic (exact) mass is 227 g/mol. The largest absolute Gasteiger partial charge is 0.409 e. The van der Waals surface area contributed by atoms with Crippen LogP contribution in [0.3, 0.4) is 0 Å². The van der Waals surface area contributed by atoms with E-state index in [-0.39, 0.29) is 18.8 Å². The summed E-state index contributed by atoms with van der Waals surface area (Å²) in [6.07, 6.45) is -4.12. The lowest BCUT2D eigenvalue weighted by Crippen LogP contribution is -2.42. The first-order valence-corrected chi connectivity index (χ1v) is 4.57. The molecule has 0 saturated heterocycles. The maximum absolute atomic E-state index is 12.1. The predicted octanol–water partition coefficient (Wildman–Crippen LogP) is 1.40. The molecule has 0 aromatic carbocycles. The number of amidine groups is 1. The van der Waals surface area contributed by atoms with Crippen molar-refractivity contribution in [3.63, 3.8) is 0 Å². The lowest BCUT2D eigenvalue weighted by atomic mass is 10.2. The third kappa shape index (κ3) is 6.16. The molecular weight excluding hydrogens is 211 g/mol. The quantitative estimate of drug-likeness (QED) is 0.323. The van der Waals surface area contributed by atoms with E-state index in [1.165, 1.54) is 4.90 Å². The summed E-state index contributed by atoms with van der Waals surface area (Å²) in [5, 5.41) is 11.0. The Morgan fingerprint density at radius 1 is 1.53 bits per heavy atom. The normalized spacial score (nSPS) is 15.7. The number of nitrogens with zero attached hydrogens (tertiary/aromatic N) is 2. The molecule has 0 heterocycles. The molecule has 90 valence electrons. The average Bonchev–Trinajstić information content (AvgIpc) is 2.12. The highest BCUT2D eigenvalue weighted by Crippen LogP contribution is 2.18. The minimum absolute atomic E-state index is 0.0666. The Balaban J connectivity index is 4.28. The minimum atomic E-state index is -4.23. The molecule has 15 heavy (non-hydrogen) atoms. The van der Waals surface area contributed by atoms with Gasteiger partial charge in [-0.25, -0.2) is 0 Å². The summed E-state index contributed by atoms with van der Waals surface area (Å²) < 4.78 is 36.4. The Morgan fingerprint density at radius 2 is 2.07 bits per heavy atom. The Morgan fingerprint density at radius 3 is 2.40 bits per heavy atom. The molecule has 0 aromatic heterocycles. The molecule has 0 fully saturated rings. The van der Waals surface area contributed by atoms with Crippen molar-refractivity contribution in [2.24, 2.45) is 10.9 Å². The first-order chi connectivity index (χ1) is 6.80. The van der Waals surface area contributed by atoms with Gasteiger partial charge in [0.2, 0.25) is 0 Å². The van der Waals surface area contributed by atoms with Crippen molar-refractivity contribution in [3.05, 3.63) is 0 Å². The Bertz CT molecular complexity index is 218. The van der Waals surface area contributed by atoms with Gasteiger partial charge in [-0.05, 0) is 13.5 Å².